The van der Waals surface area contributed by atoms with Crippen LogP contribution in [0.2, 0.25) is 0 Å². The Bertz CT molecular complexity index is 552. The van der Waals surface area contributed by atoms with E-state index in [-0.39, 0.29) is 11.9 Å². The summed E-state index contributed by atoms with van der Waals surface area (Å²) in [6, 6.07) is 0.477. The highest BCUT2D eigenvalue weighted by Crippen LogP contribution is 2.22. The Morgan fingerprint density at radius 1 is 1.52 bits per heavy atom. The molecule has 0 aliphatic heterocycles. The molecular formula is C12H14F2N2O4S. The van der Waals surface area contributed by atoms with Gasteiger partial charge in [0.15, 0.2) is 0 Å². The van der Waals surface area contributed by atoms with Crippen LogP contribution in [0.15, 0.2) is 12.1 Å². The quantitative estimate of drug-likeness (QED) is 0.615. The molecule has 0 aromatic heterocycles. The van der Waals surface area contributed by atoms with E-state index in [1.165, 1.54) is 11.8 Å². The Morgan fingerprint density at radius 3 is 2.62 bits per heavy atom. The number of aliphatic hydroxyl groups is 1. The van der Waals surface area contributed by atoms with E-state index in [9.17, 15) is 23.7 Å². The fourth-order valence-corrected chi connectivity index (χ4v) is 2.31. The number of thioether (sulfide) groups is 1. The highest BCUT2D eigenvalue weighted by molar-refractivity contribution is 7.99. The number of benzene rings is 1. The number of halogens is 2. The highest BCUT2D eigenvalue weighted by Gasteiger charge is 2.26. The number of nitrogens with one attached hydrogen (secondary N) is 1. The van der Waals surface area contributed by atoms with E-state index in [2.05, 4.69) is 5.32 Å². The van der Waals surface area contributed by atoms with Crippen LogP contribution in [0.5, 0.6) is 0 Å². The van der Waals surface area contributed by atoms with Crippen molar-refractivity contribution in [2.24, 2.45) is 0 Å². The zero-order chi connectivity index (χ0) is 16.2. The minimum Gasteiger partial charge on any atom is -0.395 e. The lowest BCUT2D eigenvalue weighted by molar-refractivity contribution is -0.387. The first-order chi connectivity index (χ1) is 9.81. The monoisotopic (exact) mass is 320 g/mol. The van der Waals surface area contributed by atoms with Gasteiger partial charge >= 0.3 is 5.69 Å². The van der Waals surface area contributed by atoms with Crippen LogP contribution in [0.4, 0.5) is 14.5 Å². The molecule has 0 spiro atoms. The first-order valence-electron chi connectivity index (χ1n) is 5.89. The number of carbonyl (C=O) groups excluding carboxylic acids is 1. The standard InChI is InChI=1S/C12H14F2N2O4S/c1-6(10(5-17)21-2)15-12(18)8-3-7(13)4-9(11(8)14)16(19)20/h3-4,6,10,17H,5H2,1-2H3,(H,15,18). The predicted molar refractivity (Wildman–Crippen MR) is 74.3 cm³/mol. The molecule has 116 valence electrons. The van der Waals surface area contributed by atoms with Crippen LogP contribution in [0.3, 0.4) is 0 Å². The van der Waals surface area contributed by atoms with Gasteiger partial charge in [-0.3, -0.25) is 14.9 Å². The van der Waals surface area contributed by atoms with E-state index in [0.717, 1.165) is 0 Å². The van der Waals surface area contributed by atoms with Crippen molar-refractivity contribution >= 4 is 23.4 Å². The maximum atomic E-state index is 13.8. The van der Waals surface area contributed by atoms with E-state index in [0.29, 0.717) is 12.1 Å². The highest BCUT2D eigenvalue weighted by atomic mass is 32.2. The van der Waals surface area contributed by atoms with E-state index in [1.54, 1.807) is 13.2 Å². The summed E-state index contributed by atoms with van der Waals surface area (Å²) in [6.07, 6.45) is 1.72. The second-order valence-corrected chi connectivity index (χ2v) is 5.34. The van der Waals surface area contributed by atoms with Crippen molar-refractivity contribution in [2.75, 3.05) is 12.9 Å². The van der Waals surface area contributed by atoms with Crippen LogP contribution >= 0.6 is 11.8 Å². The first-order valence-corrected chi connectivity index (χ1v) is 7.18. The van der Waals surface area contributed by atoms with Crippen LogP contribution in [-0.2, 0) is 0 Å². The Balaban J connectivity index is 3.05. The molecule has 1 amide bonds. The van der Waals surface area contributed by atoms with Gasteiger partial charge in [0.2, 0.25) is 5.82 Å². The van der Waals surface area contributed by atoms with Gasteiger partial charge in [-0.1, -0.05) is 0 Å². The van der Waals surface area contributed by atoms with Gasteiger partial charge in [-0.15, -0.1) is 0 Å². The third kappa shape index (κ3) is 4.11. The molecule has 0 saturated heterocycles. The summed E-state index contributed by atoms with van der Waals surface area (Å²) < 4.78 is 27.1. The lowest BCUT2D eigenvalue weighted by Gasteiger charge is -2.21. The van der Waals surface area contributed by atoms with Gasteiger partial charge < -0.3 is 10.4 Å². The Morgan fingerprint density at radius 2 is 2.14 bits per heavy atom. The first kappa shape index (κ1) is 17.3. The molecule has 9 heteroatoms. The number of carbonyl (C=O) groups is 1. The number of hydrogen-bond donors (Lipinski definition) is 2. The second kappa shape index (κ2) is 7.32. The Labute approximate surface area is 123 Å². The minimum atomic E-state index is -1.39. The van der Waals surface area contributed by atoms with E-state index >= 15 is 0 Å². The molecule has 0 aliphatic rings. The normalized spacial score (nSPS) is 13.6. The lowest BCUT2D eigenvalue weighted by Crippen LogP contribution is -2.41. The van der Waals surface area contributed by atoms with Crippen LogP contribution in [0.1, 0.15) is 17.3 Å². The number of nitro benzene ring substituents is 1. The van der Waals surface area contributed by atoms with Gasteiger partial charge in [-0.2, -0.15) is 16.2 Å². The van der Waals surface area contributed by atoms with E-state index < -0.39 is 39.8 Å². The summed E-state index contributed by atoms with van der Waals surface area (Å²) in [4.78, 5) is 21.4. The molecule has 1 aromatic rings. The molecule has 21 heavy (non-hydrogen) atoms. The van der Waals surface area contributed by atoms with E-state index in [4.69, 9.17) is 5.11 Å². The number of nitro groups is 1. The van der Waals surface area contributed by atoms with Crippen LogP contribution in [0.25, 0.3) is 0 Å². The van der Waals surface area contributed by atoms with Crippen LogP contribution in [0, 0.1) is 21.7 Å². The molecule has 0 heterocycles. The van der Waals surface area contributed by atoms with Gasteiger partial charge in [-0.05, 0) is 19.2 Å². The number of amides is 1. The third-order valence-corrected chi connectivity index (χ3v) is 4.02. The molecule has 0 radical (unpaired) electrons. The molecule has 0 aliphatic carbocycles. The van der Waals surface area contributed by atoms with Gasteiger partial charge in [0.05, 0.1) is 23.2 Å². The van der Waals surface area contributed by atoms with Crippen molar-refractivity contribution in [3.63, 3.8) is 0 Å². The smallest absolute Gasteiger partial charge is 0.308 e. The van der Waals surface area contributed by atoms with Crippen molar-refractivity contribution in [2.45, 2.75) is 18.2 Å². The maximum absolute atomic E-state index is 13.8. The number of hydrogen-bond acceptors (Lipinski definition) is 5. The van der Waals surface area contributed by atoms with Gasteiger partial charge in [0.25, 0.3) is 5.91 Å². The molecule has 1 aromatic carbocycles. The maximum Gasteiger partial charge on any atom is 0.308 e. The number of rotatable bonds is 6. The van der Waals surface area contributed by atoms with Crippen molar-refractivity contribution in [1.29, 1.82) is 0 Å². The lowest BCUT2D eigenvalue weighted by atomic mass is 10.1. The molecule has 1 rings (SSSR count). The summed E-state index contributed by atoms with van der Waals surface area (Å²) in [5, 5.41) is 21.8. The Kier molecular flexibility index (Phi) is 6.03. The van der Waals surface area contributed by atoms with Gasteiger partial charge in [0, 0.05) is 11.3 Å². The number of nitrogens with zero attached hydrogens (tertiary/aromatic N) is 1. The molecule has 0 saturated carbocycles. The van der Waals surface area contributed by atoms with Crippen LogP contribution in [-0.4, -0.2) is 40.1 Å². The zero-order valence-corrected chi connectivity index (χ0v) is 12.1. The predicted octanol–water partition coefficient (Wildman–Crippen LogP) is 1.72. The fraction of sp³-hybridized carbons (Fsp3) is 0.417. The summed E-state index contributed by atoms with van der Waals surface area (Å²) in [7, 11) is 0. The SMILES string of the molecule is CSC(CO)C(C)NC(=O)c1cc(F)cc([N+](=O)[O-])c1F. The van der Waals surface area contributed by atoms with Gasteiger partial charge in [-0.25, -0.2) is 4.39 Å². The molecule has 0 fully saturated rings. The fourth-order valence-electron chi connectivity index (χ4n) is 1.69. The number of aliphatic hydroxyl groups excluding tert-OH is 1. The zero-order valence-electron chi connectivity index (χ0n) is 11.3. The molecule has 2 unspecified atom stereocenters. The van der Waals surface area contributed by atoms with E-state index in [1.807, 2.05) is 0 Å². The van der Waals surface area contributed by atoms with Crippen molar-refractivity contribution in [1.82, 2.24) is 5.32 Å². The van der Waals surface area contributed by atoms with Crippen molar-refractivity contribution in [3.8, 4) is 0 Å². The van der Waals surface area contributed by atoms with Crippen LogP contribution < -0.4 is 5.32 Å². The summed E-state index contributed by atoms with van der Waals surface area (Å²) in [6.45, 7) is 1.37. The molecule has 2 atom stereocenters. The third-order valence-electron chi connectivity index (χ3n) is 2.86. The Hall–Kier alpha value is -1.74. The van der Waals surface area contributed by atoms with Gasteiger partial charge in [0.1, 0.15) is 5.82 Å². The second-order valence-electron chi connectivity index (χ2n) is 4.26. The van der Waals surface area contributed by atoms with Crippen molar-refractivity contribution < 1.29 is 23.6 Å². The topological polar surface area (TPSA) is 92.5 Å². The summed E-state index contributed by atoms with van der Waals surface area (Å²) in [5.41, 5.74) is -1.84. The average Bonchev–Trinajstić information content (AvgIpc) is 2.41. The summed E-state index contributed by atoms with van der Waals surface area (Å²) >= 11 is 1.29. The average molecular weight is 320 g/mol. The molecule has 2 N–H and O–H groups in total. The molecular weight excluding hydrogens is 306 g/mol. The van der Waals surface area contributed by atoms with Crippen molar-refractivity contribution in [3.05, 3.63) is 39.4 Å². The molecule has 6 nitrogen and oxygen atoms in total. The molecule has 0 bridgehead atoms. The minimum absolute atomic E-state index is 0.214. The largest absolute Gasteiger partial charge is 0.395 e. The summed E-state index contributed by atoms with van der Waals surface area (Å²) in [5.74, 6) is -3.45.